The molecule has 1 heterocycles. The van der Waals surface area contributed by atoms with Gasteiger partial charge in [-0.05, 0) is 70.6 Å². The lowest BCUT2D eigenvalue weighted by molar-refractivity contribution is -0.146. The maximum Gasteiger partial charge on any atom is 0.326 e. The van der Waals surface area contributed by atoms with Gasteiger partial charge in [-0.1, -0.05) is 78.3 Å². The third kappa shape index (κ3) is 8.27. The van der Waals surface area contributed by atoms with Gasteiger partial charge in [-0.15, -0.1) is 0 Å². The van der Waals surface area contributed by atoms with E-state index in [0.717, 1.165) is 39.1 Å². The fraction of sp³-hybridized carbons (Fsp3) is 0.220. The number of fused-ring (bicyclic) bond motifs is 1. The van der Waals surface area contributed by atoms with Crippen LogP contribution < -0.4 is 24.3 Å². The molecule has 0 saturated heterocycles. The number of nitrogens with zero attached hydrogens (tertiary/aromatic N) is 1. The molecule has 0 radical (unpaired) electrons. The molecule has 0 fully saturated rings. The Labute approximate surface area is 301 Å². The van der Waals surface area contributed by atoms with Gasteiger partial charge < -0.3 is 29.2 Å². The Morgan fingerprint density at radius 2 is 1.61 bits per heavy atom. The van der Waals surface area contributed by atoms with Gasteiger partial charge in [-0.3, -0.25) is 10.1 Å². The molecule has 51 heavy (non-hydrogen) atoms. The van der Waals surface area contributed by atoms with E-state index in [9.17, 15) is 20.3 Å². The quantitative estimate of drug-likeness (QED) is 0.109. The van der Waals surface area contributed by atoms with Gasteiger partial charge in [0, 0.05) is 24.6 Å². The van der Waals surface area contributed by atoms with Crippen LogP contribution in [0, 0.1) is 18.3 Å². The van der Waals surface area contributed by atoms with Crippen molar-refractivity contribution in [2.45, 2.75) is 38.6 Å². The van der Waals surface area contributed by atoms with Crippen molar-refractivity contribution in [2.24, 2.45) is 0 Å². The monoisotopic (exact) mass is 704 g/mol. The van der Waals surface area contributed by atoms with E-state index in [1.54, 1.807) is 30.3 Å². The number of hydrogen-bond donors (Lipinski definition) is 3. The zero-order valence-corrected chi connectivity index (χ0v) is 28.8. The number of aliphatic hydroxyl groups excluding tert-OH is 1. The van der Waals surface area contributed by atoms with E-state index in [1.165, 1.54) is 0 Å². The predicted octanol–water partition coefficient (Wildman–Crippen LogP) is 7.26. The fourth-order valence-electron chi connectivity index (χ4n) is 5.97. The molecule has 6 rings (SSSR count). The largest absolute Gasteiger partial charge is 0.488 e. The van der Waals surface area contributed by atoms with Crippen LogP contribution in [-0.2, 0) is 31.0 Å². The number of ether oxygens (including phenoxy) is 4. The molecule has 10 heteroatoms. The average molecular weight is 705 g/mol. The minimum absolute atomic E-state index is 0.0178. The van der Waals surface area contributed by atoms with Crippen molar-refractivity contribution in [2.75, 3.05) is 19.8 Å². The summed E-state index contributed by atoms with van der Waals surface area (Å²) in [6.07, 6.45) is 0.0520. The molecular weight excluding hydrogens is 668 g/mol. The normalized spacial score (nSPS) is 13.1. The molecule has 1 atom stereocenters. The number of carboxylic acid groups (broad SMARTS) is 1. The Morgan fingerprint density at radius 1 is 0.863 bits per heavy atom. The number of nitriles is 1. The second kappa shape index (κ2) is 16.0. The fourth-order valence-corrected chi connectivity index (χ4v) is 6.21. The van der Waals surface area contributed by atoms with Gasteiger partial charge in [-0.2, -0.15) is 5.26 Å². The van der Waals surface area contributed by atoms with Crippen LogP contribution in [0.4, 0.5) is 0 Å². The van der Waals surface area contributed by atoms with Crippen molar-refractivity contribution in [3.05, 3.63) is 142 Å². The molecule has 0 saturated carbocycles. The second-order valence-electron chi connectivity index (χ2n) is 12.3. The van der Waals surface area contributed by atoms with Gasteiger partial charge in [-0.25, -0.2) is 0 Å². The highest BCUT2D eigenvalue weighted by molar-refractivity contribution is 6.32. The Balaban J connectivity index is 1.26. The molecular formula is C41H37ClN2O7. The van der Waals surface area contributed by atoms with Crippen LogP contribution in [0.3, 0.4) is 0 Å². The third-order valence-electron chi connectivity index (χ3n) is 8.89. The number of halogens is 1. The zero-order chi connectivity index (χ0) is 35.8. The Morgan fingerprint density at radius 3 is 2.37 bits per heavy atom. The molecule has 0 spiro atoms. The van der Waals surface area contributed by atoms with Crippen LogP contribution in [0.25, 0.3) is 11.1 Å². The van der Waals surface area contributed by atoms with Gasteiger partial charge in [0.1, 0.15) is 43.5 Å². The molecule has 0 amide bonds. The van der Waals surface area contributed by atoms with Crippen molar-refractivity contribution >= 4 is 17.6 Å². The van der Waals surface area contributed by atoms with Gasteiger partial charge in [0.05, 0.1) is 23.3 Å². The Hall–Kier alpha value is -5.53. The van der Waals surface area contributed by atoms with E-state index in [4.69, 9.17) is 30.5 Å². The summed E-state index contributed by atoms with van der Waals surface area (Å²) in [5.74, 6) is 1.04. The standard InChI is InChI=1S/C41H37ClN2O7/c1-27-32(11-6-12-34(27)31-13-14-36-39(19-31)49-16-15-48-36)25-51-38-20-37(50-24-30-10-5-9-29(17-30)22-43)33(18-35(38)42)23-44-41(26-45,40(46)47)21-28-7-3-2-4-8-28/h2-14,17-20,44-45H,15-16,21,23-26H2,1H3,(H,46,47). The van der Waals surface area contributed by atoms with Crippen molar-refractivity contribution in [1.29, 1.82) is 5.26 Å². The van der Waals surface area contributed by atoms with Crippen molar-refractivity contribution < 1.29 is 34.0 Å². The molecule has 0 aromatic heterocycles. The van der Waals surface area contributed by atoms with E-state index in [2.05, 4.69) is 11.4 Å². The van der Waals surface area contributed by atoms with Crippen molar-refractivity contribution in [1.82, 2.24) is 5.32 Å². The van der Waals surface area contributed by atoms with Gasteiger partial charge in [0.2, 0.25) is 0 Å². The summed E-state index contributed by atoms with van der Waals surface area (Å²) in [5, 5.41) is 33.3. The summed E-state index contributed by atoms with van der Waals surface area (Å²) in [4.78, 5) is 12.5. The summed E-state index contributed by atoms with van der Waals surface area (Å²) >= 11 is 6.80. The van der Waals surface area contributed by atoms with E-state index < -0.39 is 18.1 Å². The Bertz CT molecular complexity index is 2060. The lowest BCUT2D eigenvalue weighted by Crippen LogP contribution is -2.56. The molecule has 1 aliphatic rings. The Kier molecular flexibility index (Phi) is 11.1. The van der Waals surface area contributed by atoms with E-state index >= 15 is 0 Å². The predicted molar refractivity (Wildman–Crippen MR) is 193 cm³/mol. The lowest BCUT2D eigenvalue weighted by Gasteiger charge is -2.29. The maximum absolute atomic E-state index is 12.5. The first-order valence-corrected chi connectivity index (χ1v) is 16.8. The first-order chi connectivity index (χ1) is 24.8. The number of aliphatic hydroxyl groups is 1. The van der Waals surface area contributed by atoms with E-state index in [0.29, 0.717) is 46.6 Å². The smallest absolute Gasteiger partial charge is 0.326 e. The van der Waals surface area contributed by atoms with Crippen LogP contribution in [-0.4, -0.2) is 41.5 Å². The highest BCUT2D eigenvalue weighted by Crippen LogP contribution is 2.38. The highest BCUT2D eigenvalue weighted by Gasteiger charge is 2.38. The van der Waals surface area contributed by atoms with Crippen LogP contribution >= 0.6 is 11.6 Å². The van der Waals surface area contributed by atoms with Gasteiger partial charge >= 0.3 is 5.97 Å². The summed E-state index contributed by atoms with van der Waals surface area (Å²) in [5.41, 5.74) is 4.95. The number of hydrogen-bond acceptors (Lipinski definition) is 8. The maximum atomic E-state index is 12.5. The average Bonchev–Trinajstić information content (AvgIpc) is 3.16. The molecule has 3 N–H and O–H groups in total. The van der Waals surface area contributed by atoms with Crippen LogP contribution in [0.5, 0.6) is 23.0 Å². The van der Waals surface area contributed by atoms with Crippen molar-refractivity contribution in [3.8, 4) is 40.2 Å². The molecule has 5 aromatic carbocycles. The van der Waals surface area contributed by atoms with Gasteiger partial charge in [0.15, 0.2) is 11.5 Å². The van der Waals surface area contributed by atoms with E-state index in [1.807, 2.05) is 79.7 Å². The minimum Gasteiger partial charge on any atom is -0.488 e. The van der Waals surface area contributed by atoms with Crippen LogP contribution in [0.1, 0.15) is 33.4 Å². The molecule has 5 aromatic rings. The summed E-state index contributed by atoms with van der Waals surface area (Å²) < 4.78 is 24.1. The molecule has 1 unspecified atom stereocenters. The number of carboxylic acids is 1. The molecule has 260 valence electrons. The second-order valence-corrected chi connectivity index (χ2v) is 12.7. The summed E-state index contributed by atoms with van der Waals surface area (Å²) in [6, 6.07) is 33.6. The lowest BCUT2D eigenvalue weighted by atomic mass is 9.91. The van der Waals surface area contributed by atoms with Crippen molar-refractivity contribution in [3.63, 3.8) is 0 Å². The summed E-state index contributed by atoms with van der Waals surface area (Å²) in [7, 11) is 0. The number of rotatable bonds is 14. The summed E-state index contributed by atoms with van der Waals surface area (Å²) in [6.45, 7) is 2.80. The third-order valence-corrected chi connectivity index (χ3v) is 9.19. The minimum atomic E-state index is -1.67. The topological polar surface area (TPSA) is 130 Å². The van der Waals surface area contributed by atoms with E-state index in [-0.39, 0.29) is 26.2 Å². The van der Waals surface area contributed by atoms with Gasteiger partial charge in [0.25, 0.3) is 0 Å². The zero-order valence-electron chi connectivity index (χ0n) is 28.0. The number of benzene rings is 5. The number of aliphatic carboxylic acids is 1. The molecule has 0 aliphatic carbocycles. The first-order valence-electron chi connectivity index (χ1n) is 16.5. The SMILES string of the molecule is Cc1c(COc2cc(OCc3cccc(C#N)c3)c(CNC(CO)(Cc3ccccc3)C(=O)O)cc2Cl)cccc1-c1ccc2c(c1)OCCO2. The molecule has 0 bridgehead atoms. The van der Waals surface area contributed by atoms with Crippen LogP contribution in [0.15, 0.2) is 103 Å². The van der Waals surface area contributed by atoms with Crippen LogP contribution in [0.2, 0.25) is 5.02 Å². The molecule has 1 aliphatic heterocycles. The molecule has 9 nitrogen and oxygen atoms in total. The highest BCUT2D eigenvalue weighted by atomic mass is 35.5. The number of nitrogens with one attached hydrogen (secondary N) is 1. The number of carbonyl (C=O) groups is 1. The first kappa shape index (κ1) is 35.3.